The number of carbonyl (C=O) groups is 1. The van der Waals surface area contributed by atoms with E-state index in [0.717, 1.165) is 5.56 Å². The summed E-state index contributed by atoms with van der Waals surface area (Å²) in [6, 6.07) is 5.34. The van der Waals surface area contributed by atoms with Crippen LogP contribution in [0, 0.1) is 0 Å². The molecule has 94 valence electrons. The first-order valence-electron chi connectivity index (χ1n) is 5.26. The van der Waals surface area contributed by atoms with E-state index in [1.807, 2.05) is 0 Å². The summed E-state index contributed by atoms with van der Waals surface area (Å²) in [6.07, 6.45) is 0. The minimum absolute atomic E-state index is 0.127. The molecule has 0 aliphatic carbocycles. The molecule has 0 atom stereocenters. The van der Waals surface area contributed by atoms with Crippen molar-refractivity contribution in [2.24, 2.45) is 0 Å². The Morgan fingerprint density at radius 2 is 2.28 bits per heavy atom. The van der Waals surface area contributed by atoms with Crippen LogP contribution in [0.1, 0.15) is 6.92 Å². The number of nitrogens with one attached hydrogen (secondary N) is 1. The lowest BCUT2D eigenvalue weighted by Gasteiger charge is -2.10. The minimum atomic E-state index is -0.127. The van der Waals surface area contributed by atoms with Gasteiger partial charge < -0.3 is 15.8 Å². The standard InChI is InChI=1S/C12H13N3O2S/c1-7(16)15-8-3-4-10(17-2)9(5-8)11-12(13)18-6-14-11/h3-6H,13H2,1-2H3,(H,15,16). The second-order valence-corrected chi connectivity index (χ2v) is 4.55. The van der Waals surface area contributed by atoms with Crippen molar-refractivity contribution in [3.05, 3.63) is 23.7 Å². The van der Waals surface area contributed by atoms with Crippen LogP contribution in [0.2, 0.25) is 0 Å². The van der Waals surface area contributed by atoms with Crippen LogP contribution >= 0.6 is 11.3 Å². The first kappa shape index (κ1) is 12.4. The van der Waals surface area contributed by atoms with E-state index < -0.39 is 0 Å². The van der Waals surface area contributed by atoms with Gasteiger partial charge in [-0.15, -0.1) is 11.3 Å². The zero-order valence-electron chi connectivity index (χ0n) is 10.1. The Balaban J connectivity index is 2.49. The molecule has 3 N–H and O–H groups in total. The first-order valence-corrected chi connectivity index (χ1v) is 6.14. The van der Waals surface area contributed by atoms with Crippen LogP contribution < -0.4 is 15.8 Å². The first-order chi connectivity index (χ1) is 8.61. The van der Waals surface area contributed by atoms with Gasteiger partial charge in [0.15, 0.2) is 0 Å². The molecule has 0 fully saturated rings. The lowest BCUT2D eigenvalue weighted by Crippen LogP contribution is -2.06. The van der Waals surface area contributed by atoms with Crippen LogP contribution in [-0.2, 0) is 4.79 Å². The fourth-order valence-corrected chi connectivity index (χ4v) is 2.18. The van der Waals surface area contributed by atoms with E-state index in [1.165, 1.54) is 18.3 Å². The highest BCUT2D eigenvalue weighted by molar-refractivity contribution is 7.14. The zero-order valence-corrected chi connectivity index (χ0v) is 10.9. The molecule has 2 rings (SSSR count). The topological polar surface area (TPSA) is 77.2 Å². The van der Waals surface area contributed by atoms with E-state index >= 15 is 0 Å². The maximum absolute atomic E-state index is 11.1. The molecule has 1 aromatic heterocycles. The van der Waals surface area contributed by atoms with Crippen molar-refractivity contribution in [3.63, 3.8) is 0 Å². The number of amides is 1. The van der Waals surface area contributed by atoms with Gasteiger partial charge in [-0.25, -0.2) is 4.98 Å². The fraction of sp³-hybridized carbons (Fsp3) is 0.167. The molecule has 0 aliphatic rings. The third-order valence-corrected chi connectivity index (χ3v) is 3.03. The molecule has 1 amide bonds. The number of carbonyl (C=O) groups excluding carboxylic acids is 1. The Morgan fingerprint density at radius 3 is 2.83 bits per heavy atom. The van der Waals surface area contributed by atoms with Crippen molar-refractivity contribution in [1.82, 2.24) is 4.98 Å². The summed E-state index contributed by atoms with van der Waals surface area (Å²) in [6.45, 7) is 1.46. The molecule has 0 bridgehead atoms. The summed E-state index contributed by atoms with van der Waals surface area (Å²) in [4.78, 5) is 15.3. The zero-order chi connectivity index (χ0) is 13.1. The number of nitrogens with two attached hydrogens (primary N) is 1. The van der Waals surface area contributed by atoms with Crippen molar-refractivity contribution in [2.75, 3.05) is 18.2 Å². The normalized spacial score (nSPS) is 10.1. The van der Waals surface area contributed by atoms with Gasteiger partial charge in [0.1, 0.15) is 16.4 Å². The van der Waals surface area contributed by atoms with Crippen LogP contribution in [-0.4, -0.2) is 18.0 Å². The van der Waals surface area contributed by atoms with Crippen LogP contribution in [0.4, 0.5) is 10.7 Å². The number of thiazole rings is 1. The smallest absolute Gasteiger partial charge is 0.221 e. The minimum Gasteiger partial charge on any atom is -0.496 e. The third kappa shape index (κ3) is 2.43. The molecule has 2 aromatic rings. The molecule has 0 saturated heterocycles. The Bertz CT molecular complexity index is 580. The quantitative estimate of drug-likeness (QED) is 0.891. The molecular weight excluding hydrogens is 250 g/mol. The summed E-state index contributed by atoms with van der Waals surface area (Å²) in [5.74, 6) is 0.541. The van der Waals surface area contributed by atoms with E-state index in [4.69, 9.17) is 10.5 Å². The Kier molecular flexibility index (Phi) is 3.47. The molecule has 5 nitrogen and oxygen atoms in total. The largest absolute Gasteiger partial charge is 0.496 e. The molecule has 0 saturated carbocycles. The molecule has 1 heterocycles. The second kappa shape index (κ2) is 5.05. The third-order valence-electron chi connectivity index (χ3n) is 2.37. The molecule has 0 unspecified atom stereocenters. The van der Waals surface area contributed by atoms with Gasteiger partial charge in [-0.1, -0.05) is 0 Å². The number of nitrogens with zero attached hydrogens (tertiary/aromatic N) is 1. The molecule has 6 heteroatoms. The average Bonchev–Trinajstić information content (AvgIpc) is 2.74. The molecule has 1 aromatic carbocycles. The van der Waals surface area contributed by atoms with Gasteiger partial charge >= 0.3 is 0 Å². The van der Waals surface area contributed by atoms with Gasteiger partial charge in [-0.2, -0.15) is 0 Å². The summed E-state index contributed by atoms with van der Waals surface area (Å²) in [5, 5.41) is 3.34. The van der Waals surface area contributed by atoms with Crippen molar-refractivity contribution < 1.29 is 9.53 Å². The average molecular weight is 263 g/mol. The monoisotopic (exact) mass is 263 g/mol. The summed E-state index contributed by atoms with van der Waals surface area (Å²) in [7, 11) is 1.58. The van der Waals surface area contributed by atoms with Gasteiger partial charge in [0.05, 0.1) is 12.6 Å². The lowest BCUT2D eigenvalue weighted by atomic mass is 10.1. The van der Waals surface area contributed by atoms with Gasteiger partial charge in [-0.3, -0.25) is 4.79 Å². The van der Waals surface area contributed by atoms with Crippen LogP contribution in [0.25, 0.3) is 11.3 Å². The predicted molar refractivity (Wildman–Crippen MR) is 72.8 cm³/mol. The van der Waals surface area contributed by atoms with E-state index in [1.54, 1.807) is 30.8 Å². The van der Waals surface area contributed by atoms with E-state index in [0.29, 0.717) is 22.1 Å². The van der Waals surface area contributed by atoms with E-state index in [2.05, 4.69) is 10.3 Å². The number of benzene rings is 1. The summed E-state index contributed by atoms with van der Waals surface area (Å²) in [5.41, 5.74) is 9.66. The fourth-order valence-electron chi connectivity index (χ4n) is 1.63. The molecular formula is C12H13N3O2S. The Morgan fingerprint density at radius 1 is 1.50 bits per heavy atom. The number of ether oxygens (including phenoxy) is 1. The highest BCUT2D eigenvalue weighted by Crippen LogP contribution is 2.36. The lowest BCUT2D eigenvalue weighted by molar-refractivity contribution is -0.114. The summed E-state index contributed by atoms with van der Waals surface area (Å²) < 4.78 is 5.28. The van der Waals surface area contributed by atoms with Crippen LogP contribution in [0.15, 0.2) is 23.7 Å². The molecule has 18 heavy (non-hydrogen) atoms. The maximum Gasteiger partial charge on any atom is 0.221 e. The number of rotatable bonds is 3. The van der Waals surface area contributed by atoms with Crippen molar-refractivity contribution in [1.29, 1.82) is 0 Å². The highest BCUT2D eigenvalue weighted by Gasteiger charge is 2.12. The van der Waals surface area contributed by atoms with Crippen molar-refractivity contribution in [2.45, 2.75) is 6.92 Å². The molecule has 0 spiro atoms. The van der Waals surface area contributed by atoms with Gasteiger partial charge in [0.25, 0.3) is 0 Å². The maximum atomic E-state index is 11.1. The number of anilines is 2. The summed E-state index contributed by atoms with van der Waals surface area (Å²) >= 11 is 1.36. The second-order valence-electron chi connectivity index (χ2n) is 3.66. The van der Waals surface area contributed by atoms with Crippen molar-refractivity contribution >= 4 is 27.9 Å². The Labute approximate surface area is 109 Å². The van der Waals surface area contributed by atoms with Gasteiger partial charge in [0.2, 0.25) is 5.91 Å². The number of hydrogen-bond acceptors (Lipinski definition) is 5. The number of hydrogen-bond donors (Lipinski definition) is 2. The number of methoxy groups -OCH3 is 1. The molecule has 0 aliphatic heterocycles. The highest BCUT2D eigenvalue weighted by atomic mass is 32.1. The number of aromatic nitrogens is 1. The van der Waals surface area contributed by atoms with E-state index in [-0.39, 0.29) is 5.91 Å². The SMILES string of the molecule is COc1ccc(NC(C)=O)cc1-c1ncsc1N. The Hall–Kier alpha value is -2.08. The van der Waals surface area contributed by atoms with Crippen LogP contribution in [0.5, 0.6) is 5.75 Å². The van der Waals surface area contributed by atoms with Gasteiger partial charge in [-0.05, 0) is 18.2 Å². The predicted octanol–water partition coefficient (Wildman–Crippen LogP) is 2.36. The van der Waals surface area contributed by atoms with Crippen molar-refractivity contribution in [3.8, 4) is 17.0 Å². The van der Waals surface area contributed by atoms with Gasteiger partial charge in [0, 0.05) is 18.2 Å². The number of nitrogen functional groups attached to an aromatic ring is 1. The molecule has 0 radical (unpaired) electrons. The van der Waals surface area contributed by atoms with Crippen LogP contribution in [0.3, 0.4) is 0 Å². The van der Waals surface area contributed by atoms with E-state index in [9.17, 15) is 4.79 Å².